The summed E-state index contributed by atoms with van der Waals surface area (Å²) in [4.78, 5) is 17.6. The summed E-state index contributed by atoms with van der Waals surface area (Å²) in [5.74, 6) is 1.05. The van der Waals surface area contributed by atoms with Gasteiger partial charge in [-0.1, -0.05) is 36.4 Å². The summed E-state index contributed by atoms with van der Waals surface area (Å²) in [6.07, 6.45) is 4.06. The molecule has 0 aliphatic carbocycles. The fourth-order valence-corrected chi connectivity index (χ4v) is 2.87. The van der Waals surface area contributed by atoms with E-state index in [0.29, 0.717) is 13.0 Å². The van der Waals surface area contributed by atoms with Gasteiger partial charge >= 0.3 is 0 Å². The second kappa shape index (κ2) is 5.84. The number of hydrogen-bond acceptors (Lipinski definition) is 3. The van der Waals surface area contributed by atoms with Gasteiger partial charge in [0.1, 0.15) is 5.82 Å². The molecule has 0 amide bonds. The number of thiophene rings is 1. The molecule has 0 N–H and O–H groups in total. The number of hydrogen-bond donors (Lipinski definition) is 0. The monoisotopic (exact) mass is 282 g/mol. The van der Waals surface area contributed by atoms with Crippen molar-refractivity contribution in [1.29, 1.82) is 0 Å². The lowest BCUT2D eigenvalue weighted by molar-refractivity contribution is -0.118. The first-order valence-corrected chi connectivity index (χ1v) is 7.31. The molecule has 0 atom stereocenters. The topological polar surface area (TPSA) is 34.9 Å². The van der Waals surface area contributed by atoms with E-state index in [1.807, 2.05) is 58.6 Å². The molecule has 0 aliphatic rings. The maximum absolute atomic E-state index is 12.2. The minimum absolute atomic E-state index is 0.187. The molecule has 20 heavy (non-hydrogen) atoms. The van der Waals surface area contributed by atoms with E-state index in [1.54, 1.807) is 17.5 Å². The number of Topliss-reactive ketones (excluding diaryl/α,β-unsaturated/α-hetero) is 1. The maximum Gasteiger partial charge on any atom is 0.156 e. The van der Waals surface area contributed by atoms with Crippen LogP contribution in [0.4, 0.5) is 0 Å². The first kappa shape index (κ1) is 12.8. The first-order chi connectivity index (χ1) is 9.83. The van der Waals surface area contributed by atoms with Gasteiger partial charge in [0.2, 0.25) is 0 Å². The fraction of sp³-hybridized carbons (Fsp3) is 0.125. The van der Waals surface area contributed by atoms with Crippen molar-refractivity contribution >= 4 is 17.1 Å². The van der Waals surface area contributed by atoms with Crippen LogP contribution in [0.25, 0.3) is 10.7 Å². The highest BCUT2D eigenvalue weighted by Gasteiger charge is 2.10. The Morgan fingerprint density at radius 2 is 2.00 bits per heavy atom. The highest BCUT2D eigenvalue weighted by atomic mass is 32.1. The lowest BCUT2D eigenvalue weighted by Crippen LogP contribution is -2.12. The van der Waals surface area contributed by atoms with Crippen LogP contribution in [0.5, 0.6) is 0 Å². The van der Waals surface area contributed by atoms with E-state index in [1.165, 1.54) is 0 Å². The number of aromatic nitrogens is 2. The minimum Gasteiger partial charge on any atom is -0.323 e. The molecule has 0 radical (unpaired) electrons. The normalized spacial score (nSPS) is 10.6. The van der Waals surface area contributed by atoms with Crippen molar-refractivity contribution in [1.82, 2.24) is 9.55 Å². The van der Waals surface area contributed by atoms with Gasteiger partial charge in [-0.3, -0.25) is 4.79 Å². The Morgan fingerprint density at radius 1 is 1.15 bits per heavy atom. The molecule has 100 valence electrons. The highest BCUT2D eigenvalue weighted by Crippen LogP contribution is 2.22. The van der Waals surface area contributed by atoms with Gasteiger partial charge < -0.3 is 4.57 Å². The minimum atomic E-state index is 0.187. The van der Waals surface area contributed by atoms with Gasteiger partial charge in [0.15, 0.2) is 5.78 Å². The van der Waals surface area contributed by atoms with Crippen molar-refractivity contribution in [2.45, 2.75) is 13.0 Å². The summed E-state index contributed by atoms with van der Waals surface area (Å²) in [5.41, 5.74) is 1.05. The van der Waals surface area contributed by atoms with Crippen LogP contribution in [-0.4, -0.2) is 15.3 Å². The van der Waals surface area contributed by atoms with Crippen molar-refractivity contribution in [2.24, 2.45) is 0 Å². The molecule has 4 heteroatoms. The number of imidazole rings is 1. The SMILES string of the molecule is O=C(Cc1ccccc1)Cn1ccnc1-c1cccs1. The van der Waals surface area contributed by atoms with Crippen molar-refractivity contribution in [3.8, 4) is 10.7 Å². The predicted octanol–water partition coefficient (Wildman–Crippen LogP) is 3.42. The second-order valence-electron chi connectivity index (χ2n) is 4.56. The number of rotatable bonds is 5. The molecular formula is C16H14N2OS. The molecule has 3 nitrogen and oxygen atoms in total. The van der Waals surface area contributed by atoms with Crippen LogP contribution in [0.1, 0.15) is 5.56 Å². The molecular weight excluding hydrogens is 268 g/mol. The Balaban J connectivity index is 1.73. The Hall–Kier alpha value is -2.20. The fourth-order valence-electron chi connectivity index (χ4n) is 2.14. The van der Waals surface area contributed by atoms with E-state index < -0.39 is 0 Å². The molecule has 0 aliphatic heterocycles. The van der Waals surface area contributed by atoms with Gasteiger partial charge in [0, 0.05) is 18.8 Å². The van der Waals surface area contributed by atoms with Gasteiger partial charge in [0.05, 0.1) is 11.4 Å². The van der Waals surface area contributed by atoms with E-state index in [-0.39, 0.29) is 5.78 Å². The molecule has 0 saturated heterocycles. The third kappa shape index (κ3) is 2.86. The Morgan fingerprint density at radius 3 is 2.75 bits per heavy atom. The van der Waals surface area contributed by atoms with Gasteiger partial charge in [-0.25, -0.2) is 4.98 Å². The van der Waals surface area contributed by atoms with Crippen LogP contribution in [0.2, 0.25) is 0 Å². The van der Waals surface area contributed by atoms with Crippen LogP contribution in [-0.2, 0) is 17.8 Å². The summed E-state index contributed by atoms with van der Waals surface area (Å²) in [6.45, 7) is 0.363. The number of carbonyl (C=O) groups is 1. The van der Waals surface area contributed by atoms with Crippen LogP contribution in [0.3, 0.4) is 0 Å². The molecule has 0 bridgehead atoms. The van der Waals surface area contributed by atoms with Crippen molar-refractivity contribution in [3.63, 3.8) is 0 Å². The highest BCUT2D eigenvalue weighted by molar-refractivity contribution is 7.13. The number of benzene rings is 1. The molecule has 2 heterocycles. The first-order valence-electron chi connectivity index (χ1n) is 6.43. The standard InChI is InChI=1S/C16H14N2OS/c19-14(11-13-5-2-1-3-6-13)12-18-9-8-17-16(18)15-7-4-10-20-15/h1-10H,11-12H2. The zero-order valence-corrected chi connectivity index (χ0v) is 11.7. The average molecular weight is 282 g/mol. The van der Waals surface area contributed by atoms with E-state index in [4.69, 9.17) is 0 Å². The Kier molecular flexibility index (Phi) is 3.74. The van der Waals surface area contributed by atoms with Crippen LogP contribution < -0.4 is 0 Å². The van der Waals surface area contributed by atoms with Crippen molar-refractivity contribution < 1.29 is 4.79 Å². The second-order valence-corrected chi connectivity index (χ2v) is 5.50. The van der Waals surface area contributed by atoms with Crippen molar-refractivity contribution in [3.05, 3.63) is 65.8 Å². The van der Waals surface area contributed by atoms with Gasteiger partial charge in [-0.15, -0.1) is 11.3 Å². The van der Waals surface area contributed by atoms with Crippen molar-refractivity contribution in [2.75, 3.05) is 0 Å². The van der Waals surface area contributed by atoms with E-state index in [9.17, 15) is 4.79 Å². The van der Waals surface area contributed by atoms with Gasteiger partial charge in [-0.05, 0) is 17.0 Å². The van der Waals surface area contributed by atoms with Gasteiger partial charge in [0.25, 0.3) is 0 Å². The zero-order valence-electron chi connectivity index (χ0n) is 10.9. The summed E-state index contributed by atoms with van der Waals surface area (Å²) >= 11 is 1.63. The molecule has 1 aromatic carbocycles. The number of nitrogens with zero attached hydrogens (tertiary/aromatic N) is 2. The molecule has 0 fully saturated rings. The van der Waals surface area contributed by atoms with Gasteiger partial charge in [-0.2, -0.15) is 0 Å². The lowest BCUT2D eigenvalue weighted by atomic mass is 10.1. The molecule has 0 saturated carbocycles. The average Bonchev–Trinajstić information content (AvgIpc) is 3.10. The lowest BCUT2D eigenvalue weighted by Gasteiger charge is -2.06. The molecule has 2 aromatic heterocycles. The maximum atomic E-state index is 12.2. The molecule has 0 spiro atoms. The number of ketones is 1. The smallest absolute Gasteiger partial charge is 0.156 e. The summed E-state index contributed by atoms with van der Waals surface area (Å²) < 4.78 is 1.91. The van der Waals surface area contributed by atoms with E-state index in [2.05, 4.69) is 4.98 Å². The summed E-state index contributed by atoms with van der Waals surface area (Å²) in [7, 11) is 0. The molecule has 3 aromatic rings. The van der Waals surface area contributed by atoms with E-state index >= 15 is 0 Å². The zero-order chi connectivity index (χ0) is 13.8. The van der Waals surface area contributed by atoms with Crippen LogP contribution in [0, 0.1) is 0 Å². The molecule has 0 unspecified atom stereocenters. The largest absolute Gasteiger partial charge is 0.323 e. The quantitative estimate of drug-likeness (QED) is 0.718. The summed E-state index contributed by atoms with van der Waals surface area (Å²) in [6, 6.07) is 13.8. The van der Waals surface area contributed by atoms with Crippen LogP contribution >= 0.6 is 11.3 Å². The Bertz CT molecular complexity index is 686. The Labute approximate surface area is 121 Å². The third-order valence-electron chi connectivity index (χ3n) is 3.05. The molecule has 3 rings (SSSR count). The predicted molar refractivity (Wildman–Crippen MR) is 80.7 cm³/mol. The number of carbonyl (C=O) groups excluding carboxylic acids is 1. The summed E-state index contributed by atoms with van der Waals surface area (Å²) in [5, 5.41) is 2.01. The van der Waals surface area contributed by atoms with E-state index in [0.717, 1.165) is 16.3 Å². The third-order valence-corrected chi connectivity index (χ3v) is 3.91. The van der Waals surface area contributed by atoms with Crippen LogP contribution in [0.15, 0.2) is 60.2 Å².